The molecule has 2 fully saturated rings. The molecule has 1 aromatic rings. The normalized spacial score (nSPS) is 23.1. The third-order valence-electron chi connectivity index (χ3n) is 4.78. The van der Waals surface area contributed by atoms with Crippen LogP contribution in [-0.2, 0) is 6.54 Å². The van der Waals surface area contributed by atoms with Crippen molar-refractivity contribution in [2.24, 2.45) is 0 Å². The van der Waals surface area contributed by atoms with Crippen LogP contribution >= 0.6 is 0 Å². The molecule has 6 heteroatoms. The third-order valence-corrected chi connectivity index (χ3v) is 4.78. The van der Waals surface area contributed by atoms with Crippen molar-refractivity contribution in [1.82, 2.24) is 19.6 Å². The number of anilines is 1. The molecule has 1 amide bonds. The molecule has 0 bridgehead atoms. The molecule has 0 aromatic carbocycles. The van der Waals surface area contributed by atoms with Gasteiger partial charge in [-0.3, -0.25) is 14.4 Å². The van der Waals surface area contributed by atoms with Crippen molar-refractivity contribution >= 4 is 11.6 Å². The summed E-state index contributed by atoms with van der Waals surface area (Å²) < 4.78 is 1.73. The Morgan fingerprint density at radius 3 is 2.71 bits per heavy atom. The first kappa shape index (κ1) is 14.4. The fourth-order valence-electron chi connectivity index (χ4n) is 3.53. The molecule has 2 aliphatic heterocycles. The highest BCUT2D eigenvalue weighted by molar-refractivity contribution is 5.98. The maximum absolute atomic E-state index is 12.8. The smallest absolute Gasteiger partial charge is 0.274 e. The lowest BCUT2D eigenvalue weighted by Crippen LogP contribution is -2.37. The standard InChI is InChI=1S/C15H25N5O/c1-3-20-14(13(16)11(2)17-20)15(21)19-9-6-12(10-19)18-7-4-5-8-18/h12H,3-10,16H2,1-2H3. The molecular formula is C15H25N5O. The van der Waals surface area contributed by atoms with Gasteiger partial charge in [0.15, 0.2) is 0 Å². The van der Waals surface area contributed by atoms with Crippen molar-refractivity contribution in [3.05, 3.63) is 11.4 Å². The molecule has 1 atom stereocenters. The monoisotopic (exact) mass is 291 g/mol. The number of hydrogen-bond donors (Lipinski definition) is 1. The zero-order valence-corrected chi connectivity index (χ0v) is 13.0. The van der Waals surface area contributed by atoms with Crippen molar-refractivity contribution < 1.29 is 4.79 Å². The van der Waals surface area contributed by atoms with E-state index in [0.717, 1.165) is 25.2 Å². The van der Waals surface area contributed by atoms with Crippen LogP contribution in [0.25, 0.3) is 0 Å². The predicted octanol–water partition coefficient (Wildman–Crippen LogP) is 1.10. The van der Waals surface area contributed by atoms with Crippen LogP contribution in [0, 0.1) is 6.92 Å². The van der Waals surface area contributed by atoms with Gasteiger partial charge in [-0.05, 0) is 46.2 Å². The van der Waals surface area contributed by atoms with Crippen LogP contribution < -0.4 is 5.73 Å². The molecule has 1 unspecified atom stereocenters. The van der Waals surface area contributed by atoms with E-state index in [1.54, 1.807) is 4.68 Å². The molecule has 0 spiro atoms. The summed E-state index contributed by atoms with van der Waals surface area (Å²) in [6.07, 6.45) is 3.66. The Morgan fingerprint density at radius 1 is 1.33 bits per heavy atom. The number of likely N-dealkylation sites (tertiary alicyclic amines) is 2. The lowest BCUT2D eigenvalue weighted by atomic mass is 10.2. The van der Waals surface area contributed by atoms with Crippen LogP contribution in [-0.4, -0.2) is 57.7 Å². The van der Waals surface area contributed by atoms with E-state index in [4.69, 9.17) is 5.73 Å². The molecule has 0 radical (unpaired) electrons. The largest absolute Gasteiger partial charge is 0.395 e. The average Bonchev–Trinajstić information content (AvgIpc) is 3.18. The van der Waals surface area contributed by atoms with Crippen LogP contribution in [0.15, 0.2) is 0 Å². The first-order valence-electron chi connectivity index (χ1n) is 7.98. The van der Waals surface area contributed by atoms with Crippen molar-refractivity contribution in [3.63, 3.8) is 0 Å². The molecule has 2 N–H and O–H groups in total. The van der Waals surface area contributed by atoms with Gasteiger partial charge in [0, 0.05) is 25.7 Å². The summed E-state index contributed by atoms with van der Waals surface area (Å²) in [5, 5.41) is 4.35. The number of hydrogen-bond acceptors (Lipinski definition) is 4. The van der Waals surface area contributed by atoms with Gasteiger partial charge in [0.1, 0.15) is 5.69 Å². The van der Waals surface area contributed by atoms with Crippen molar-refractivity contribution in [2.75, 3.05) is 31.9 Å². The summed E-state index contributed by atoms with van der Waals surface area (Å²) in [7, 11) is 0. The molecule has 2 saturated heterocycles. The first-order chi connectivity index (χ1) is 10.1. The number of nitrogens with zero attached hydrogens (tertiary/aromatic N) is 4. The van der Waals surface area contributed by atoms with E-state index in [0.29, 0.717) is 24.0 Å². The Bertz CT molecular complexity index is 532. The second-order valence-corrected chi connectivity index (χ2v) is 6.10. The molecule has 3 rings (SSSR count). The summed E-state index contributed by atoms with van der Waals surface area (Å²) in [6, 6.07) is 0.525. The lowest BCUT2D eigenvalue weighted by molar-refractivity contribution is 0.0769. The zero-order valence-electron chi connectivity index (χ0n) is 13.0. The van der Waals surface area contributed by atoms with Gasteiger partial charge in [-0.2, -0.15) is 5.10 Å². The highest BCUT2D eigenvalue weighted by Gasteiger charge is 2.34. The fraction of sp³-hybridized carbons (Fsp3) is 0.733. The second-order valence-electron chi connectivity index (χ2n) is 6.10. The number of carbonyl (C=O) groups excluding carboxylic acids is 1. The van der Waals surface area contributed by atoms with E-state index < -0.39 is 0 Å². The lowest BCUT2D eigenvalue weighted by Gasteiger charge is -2.23. The van der Waals surface area contributed by atoms with Gasteiger partial charge in [0.2, 0.25) is 0 Å². The number of rotatable bonds is 3. The maximum atomic E-state index is 12.8. The number of amides is 1. The quantitative estimate of drug-likeness (QED) is 0.905. The van der Waals surface area contributed by atoms with E-state index in [-0.39, 0.29) is 5.91 Å². The van der Waals surface area contributed by atoms with Gasteiger partial charge in [-0.15, -0.1) is 0 Å². The molecule has 3 heterocycles. The van der Waals surface area contributed by atoms with E-state index in [1.165, 1.54) is 25.9 Å². The molecule has 6 nitrogen and oxygen atoms in total. The summed E-state index contributed by atoms with van der Waals surface area (Å²) in [6.45, 7) is 8.53. The van der Waals surface area contributed by atoms with Gasteiger partial charge < -0.3 is 10.6 Å². The third kappa shape index (κ3) is 2.52. The summed E-state index contributed by atoms with van der Waals surface area (Å²) in [4.78, 5) is 17.3. The van der Waals surface area contributed by atoms with Crippen LogP contribution in [0.3, 0.4) is 0 Å². The van der Waals surface area contributed by atoms with Crippen molar-refractivity contribution in [2.45, 2.75) is 45.7 Å². The fourth-order valence-corrected chi connectivity index (χ4v) is 3.53. The molecule has 0 saturated carbocycles. The van der Waals surface area contributed by atoms with Crippen molar-refractivity contribution in [3.8, 4) is 0 Å². The predicted molar refractivity (Wildman–Crippen MR) is 82.2 cm³/mol. The average molecular weight is 291 g/mol. The van der Waals surface area contributed by atoms with E-state index in [2.05, 4.69) is 10.00 Å². The van der Waals surface area contributed by atoms with Crippen LogP contribution in [0.2, 0.25) is 0 Å². The number of aryl methyl sites for hydroxylation is 2. The second kappa shape index (κ2) is 5.67. The number of nitrogen functional groups attached to an aromatic ring is 1. The molecule has 2 aliphatic rings. The minimum Gasteiger partial charge on any atom is -0.395 e. The minimum absolute atomic E-state index is 0.0386. The van der Waals surface area contributed by atoms with E-state index in [9.17, 15) is 4.79 Å². The number of nitrogens with two attached hydrogens (primary N) is 1. The molecule has 21 heavy (non-hydrogen) atoms. The molecule has 0 aliphatic carbocycles. The molecule has 116 valence electrons. The summed E-state index contributed by atoms with van der Waals surface area (Å²) in [5.74, 6) is 0.0386. The minimum atomic E-state index is 0.0386. The van der Waals surface area contributed by atoms with E-state index >= 15 is 0 Å². The van der Waals surface area contributed by atoms with Gasteiger partial charge in [0.25, 0.3) is 5.91 Å². The highest BCUT2D eigenvalue weighted by Crippen LogP contribution is 2.24. The Balaban J connectivity index is 1.74. The van der Waals surface area contributed by atoms with Crippen LogP contribution in [0.1, 0.15) is 42.4 Å². The summed E-state index contributed by atoms with van der Waals surface area (Å²) >= 11 is 0. The van der Waals surface area contributed by atoms with Gasteiger partial charge in [-0.25, -0.2) is 0 Å². The zero-order chi connectivity index (χ0) is 15.0. The SMILES string of the molecule is CCn1nc(C)c(N)c1C(=O)N1CCC(N2CCCC2)C1. The van der Waals surface area contributed by atoms with Crippen LogP contribution in [0.4, 0.5) is 5.69 Å². The van der Waals surface area contributed by atoms with Gasteiger partial charge >= 0.3 is 0 Å². The van der Waals surface area contributed by atoms with Gasteiger partial charge in [0.05, 0.1) is 11.4 Å². The Hall–Kier alpha value is -1.56. The van der Waals surface area contributed by atoms with E-state index in [1.807, 2.05) is 18.7 Å². The first-order valence-corrected chi connectivity index (χ1v) is 7.98. The van der Waals surface area contributed by atoms with Crippen LogP contribution in [0.5, 0.6) is 0 Å². The molecular weight excluding hydrogens is 266 g/mol. The Morgan fingerprint density at radius 2 is 2.05 bits per heavy atom. The van der Waals surface area contributed by atoms with Crippen molar-refractivity contribution in [1.29, 1.82) is 0 Å². The highest BCUT2D eigenvalue weighted by atomic mass is 16.2. The Kier molecular flexibility index (Phi) is 3.89. The topological polar surface area (TPSA) is 67.4 Å². The summed E-state index contributed by atoms with van der Waals surface area (Å²) in [5.41, 5.74) is 7.91. The number of aromatic nitrogens is 2. The van der Waals surface area contributed by atoms with Gasteiger partial charge in [-0.1, -0.05) is 0 Å². The molecule has 1 aromatic heterocycles. The number of carbonyl (C=O) groups is 1. The Labute approximate surface area is 125 Å². The maximum Gasteiger partial charge on any atom is 0.274 e.